The SMILES string of the molecule is Cc1ccc2c(Nc3cc(OCc4ccc(Br)cc4)ccc3Sc3ccccc3)ncnc2n1. The first-order valence-corrected chi connectivity index (χ1v) is 12.3. The van der Waals surface area contributed by atoms with Crippen molar-refractivity contribution in [1.82, 2.24) is 15.0 Å². The normalized spacial score (nSPS) is 10.9. The molecule has 168 valence electrons. The van der Waals surface area contributed by atoms with Crippen LogP contribution < -0.4 is 10.1 Å². The summed E-state index contributed by atoms with van der Waals surface area (Å²) >= 11 is 5.16. The van der Waals surface area contributed by atoms with Crippen LogP contribution in [-0.2, 0) is 6.61 Å². The molecule has 0 amide bonds. The minimum absolute atomic E-state index is 0.484. The number of ether oxygens (including phenoxy) is 1. The summed E-state index contributed by atoms with van der Waals surface area (Å²) in [5.41, 5.74) is 3.59. The Hall–Kier alpha value is -3.42. The van der Waals surface area contributed by atoms with Gasteiger partial charge in [0.2, 0.25) is 0 Å². The van der Waals surface area contributed by atoms with Crippen LogP contribution in [0.15, 0.2) is 106 Å². The lowest BCUT2D eigenvalue weighted by Gasteiger charge is -2.15. The number of benzene rings is 3. The summed E-state index contributed by atoms with van der Waals surface area (Å²) in [6, 6.07) is 28.5. The van der Waals surface area contributed by atoms with E-state index in [9.17, 15) is 0 Å². The second-order valence-corrected chi connectivity index (χ2v) is 9.69. The van der Waals surface area contributed by atoms with Crippen molar-refractivity contribution in [2.45, 2.75) is 23.3 Å². The zero-order chi connectivity index (χ0) is 23.3. The lowest BCUT2D eigenvalue weighted by molar-refractivity contribution is 0.306. The molecule has 0 aliphatic heterocycles. The summed E-state index contributed by atoms with van der Waals surface area (Å²) in [6.45, 7) is 2.44. The van der Waals surface area contributed by atoms with Crippen molar-refractivity contribution in [2.24, 2.45) is 0 Å². The number of aryl methyl sites for hydroxylation is 1. The van der Waals surface area contributed by atoms with Gasteiger partial charge in [-0.05, 0) is 61.0 Å². The lowest BCUT2D eigenvalue weighted by atomic mass is 10.2. The standard InChI is InChI=1S/C27H21BrN4OS/c1-18-7-13-23-26(31-18)29-17-30-27(23)32-24-15-21(33-16-19-8-10-20(28)11-9-19)12-14-25(24)34-22-5-3-2-4-6-22/h2-15,17H,16H2,1H3,(H,29,30,31,32). The fraction of sp³-hybridized carbons (Fsp3) is 0.0741. The number of anilines is 2. The van der Waals surface area contributed by atoms with Crippen molar-refractivity contribution in [3.63, 3.8) is 0 Å². The second-order valence-electron chi connectivity index (χ2n) is 7.66. The minimum atomic E-state index is 0.484. The van der Waals surface area contributed by atoms with Gasteiger partial charge in [-0.25, -0.2) is 15.0 Å². The topological polar surface area (TPSA) is 59.9 Å². The molecule has 7 heteroatoms. The molecule has 0 saturated carbocycles. The maximum absolute atomic E-state index is 6.11. The van der Waals surface area contributed by atoms with E-state index in [1.165, 1.54) is 6.33 Å². The Bertz CT molecular complexity index is 1430. The van der Waals surface area contributed by atoms with E-state index in [1.807, 2.05) is 73.7 Å². The van der Waals surface area contributed by atoms with Crippen LogP contribution in [0.3, 0.4) is 0 Å². The molecule has 5 rings (SSSR count). The van der Waals surface area contributed by atoms with Gasteiger partial charge in [-0.15, -0.1) is 0 Å². The number of hydrogen-bond acceptors (Lipinski definition) is 6. The van der Waals surface area contributed by atoms with Gasteiger partial charge < -0.3 is 10.1 Å². The Morgan fingerprint density at radius 2 is 1.74 bits per heavy atom. The molecule has 0 fully saturated rings. The van der Waals surface area contributed by atoms with Gasteiger partial charge in [0.05, 0.1) is 11.1 Å². The maximum Gasteiger partial charge on any atom is 0.164 e. The molecule has 34 heavy (non-hydrogen) atoms. The van der Waals surface area contributed by atoms with Crippen molar-refractivity contribution >= 4 is 50.2 Å². The fourth-order valence-electron chi connectivity index (χ4n) is 3.41. The van der Waals surface area contributed by atoms with Gasteiger partial charge in [0.25, 0.3) is 0 Å². The number of halogens is 1. The van der Waals surface area contributed by atoms with Crippen LogP contribution >= 0.6 is 27.7 Å². The van der Waals surface area contributed by atoms with Gasteiger partial charge in [0.1, 0.15) is 24.5 Å². The molecular weight excluding hydrogens is 508 g/mol. The molecule has 3 aromatic carbocycles. The molecule has 0 bridgehead atoms. The smallest absolute Gasteiger partial charge is 0.164 e. The largest absolute Gasteiger partial charge is 0.489 e. The van der Waals surface area contributed by atoms with Gasteiger partial charge in [-0.3, -0.25) is 0 Å². The van der Waals surface area contributed by atoms with Crippen LogP contribution in [0.2, 0.25) is 0 Å². The molecule has 2 aromatic heterocycles. The molecule has 0 aliphatic carbocycles. The van der Waals surface area contributed by atoms with E-state index in [4.69, 9.17) is 4.74 Å². The highest BCUT2D eigenvalue weighted by molar-refractivity contribution is 9.10. The zero-order valence-corrected chi connectivity index (χ0v) is 20.8. The molecule has 5 nitrogen and oxygen atoms in total. The van der Waals surface area contributed by atoms with Crippen molar-refractivity contribution in [3.05, 3.63) is 107 Å². The molecule has 0 aliphatic rings. The predicted molar refractivity (Wildman–Crippen MR) is 141 cm³/mol. The Kier molecular flexibility index (Phi) is 6.74. The number of pyridine rings is 1. The van der Waals surface area contributed by atoms with Crippen molar-refractivity contribution in [3.8, 4) is 5.75 Å². The molecule has 0 radical (unpaired) electrons. The highest BCUT2D eigenvalue weighted by atomic mass is 79.9. The summed E-state index contributed by atoms with van der Waals surface area (Å²) in [4.78, 5) is 15.6. The highest BCUT2D eigenvalue weighted by Gasteiger charge is 2.11. The third-order valence-electron chi connectivity index (χ3n) is 5.13. The third-order valence-corrected chi connectivity index (χ3v) is 6.74. The number of nitrogens with one attached hydrogen (secondary N) is 1. The first-order valence-electron chi connectivity index (χ1n) is 10.7. The Labute approximate surface area is 210 Å². The molecule has 0 spiro atoms. The number of fused-ring (bicyclic) bond motifs is 1. The van der Waals surface area contributed by atoms with E-state index in [0.29, 0.717) is 18.1 Å². The minimum Gasteiger partial charge on any atom is -0.489 e. The first kappa shape index (κ1) is 22.4. The van der Waals surface area contributed by atoms with Gasteiger partial charge in [0, 0.05) is 26.0 Å². The van der Waals surface area contributed by atoms with E-state index in [-0.39, 0.29) is 0 Å². The predicted octanol–water partition coefficient (Wildman–Crippen LogP) is 7.57. The number of rotatable bonds is 7. The highest BCUT2D eigenvalue weighted by Crippen LogP contribution is 2.38. The van der Waals surface area contributed by atoms with E-state index < -0.39 is 0 Å². The number of hydrogen-bond donors (Lipinski definition) is 1. The van der Waals surface area contributed by atoms with Crippen LogP contribution in [0.4, 0.5) is 11.5 Å². The monoisotopic (exact) mass is 528 g/mol. The molecule has 2 heterocycles. The van der Waals surface area contributed by atoms with Crippen LogP contribution in [0.5, 0.6) is 5.75 Å². The molecular formula is C27H21BrN4OS. The van der Waals surface area contributed by atoms with Gasteiger partial charge in [-0.1, -0.05) is 58.0 Å². The fourth-order valence-corrected chi connectivity index (χ4v) is 4.58. The quantitative estimate of drug-likeness (QED) is 0.235. The van der Waals surface area contributed by atoms with E-state index in [2.05, 4.69) is 54.4 Å². The van der Waals surface area contributed by atoms with E-state index >= 15 is 0 Å². The summed E-state index contributed by atoms with van der Waals surface area (Å²) in [6.07, 6.45) is 1.54. The molecule has 0 unspecified atom stereocenters. The summed E-state index contributed by atoms with van der Waals surface area (Å²) in [7, 11) is 0. The zero-order valence-electron chi connectivity index (χ0n) is 18.4. The summed E-state index contributed by atoms with van der Waals surface area (Å²) in [5.74, 6) is 1.48. The van der Waals surface area contributed by atoms with Crippen LogP contribution in [0.25, 0.3) is 11.0 Å². The Balaban J connectivity index is 1.47. The number of nitrogens with zero attached hydrogens (tertiary/aromatic N) is 3. The summed E-state index contributed by atoms with van der Waals surface area (Å²) in [5, 5.41) is 4.37. The first-order chi connectivity index (χ1) is 16.6. The second kappa shape index (κ2) is 10.2. The molecule has 1 N–H and O–H groups in total. The van der Waals surface area contributed by atoms with Crippen molar-refractivity contribution in [1.29, 1.82) is 0 Å². The van der Waals surface area contributed by atoms with Crippen LogP contribution in [-0.4, -0.2) is 15.0 Å². The third kappa shape index (κ3) is 5.38. The number of aromatic nitrogens is 3. The van der Waals surface area contributed by atoms with E-state index in [1.54, 1.807) is 11.8 Å². The summed E-state index contributed by atoms with van der Waals surface area (Å²) < 4.78 is 7.16. The maximum atomic E-state index is 6.11. The molecule has 5 aromatic rings. The Morgan fingerprint density at radius 3 is 2.56 bits per heavy atom. The van der Waals surface area contributed by atoms with Crippen molar-refractivity contribution in [2.75, 3.05) is 5.32 Å². The van der Waals surface area contributed by atoms with Crippen molar-refractivity contribution < 1.29 is 4.74 Å². The Morgan fingerprint density at radius 1 is 0.912 bits per heavy atom. The molecule has 0 atom stereocenters. The molecule has 0 saturated heterocycles. The van der Waals surface area contributed by atoms with Crippen LogP contribution in [0, 0.1) is 6.92 Å². The van der Waals surface area contributed by atoms with Gasteiger partial charge >= 0.3 is 0 Å². The average molecular weight is 529 g/mol. The van der Waals surface area contributed by atoms with Gasteiger partial charge in [-0.2, -0.15) is 0 Å². The average Bonchev–Trinajstić information content (AvgIpc) is 2.86. The lowest BCUT2D eigenvalue weighted by Crippen LogP contribution is -2.00. The van der Waals surface area contributed by atoms with E-state index in [0.717, 1.165) is 42.3 Å². The van der Waals surface area contributed by atoms with Crippen LogP contribution in [0.1, 0.15) is 11.3 Å². The van der Waals surface area contributed by atoms with Gasteiger partial charge in [0.15, 0.2) is 5.65 Å².